The van der Waals surface area contributed by atoms with Gasteiger partial charge in [0.15, 0.2) is 0 Å². The summed E-state index contributed by atoms with van der Waals surface area (Å²) in [6.07, 6.45) is 0.932. The first-order chi connectivity index (χ1) is 8.61. The number of benzene rings is 1. The zero-order valence-electron chi connectivity index (χ0n) is 11.3. The molecule has 0 aliphatic carbocycles. The van der Waals surface area contributed by atoms with Crippen molar-refractivity contribution in [1.82, 2.24) is 10.6 Å². The van der Waals surface area contributed by atoms with Gasteiger partial charge in [-0.1, -0.05) is 24.6 Å². The van der Waals surface area contributed by atoms with Crippen LogP contribution in [0.15, 0.2) is 24.3 Å². The van der Waals surface area contributed by atoms with Crippen molar-refractivity contribution in [1.29, 1.82) is 0 Å². The molecule has 0 fully saturated rings. The first kappa shape index (κ1) is 14.4. The molecule has 0 bridgehead atoms. The molecule has 4 nitrogen and oxygen atoms in total. The van der Waals surface area contributed by atoms with Crippen molar-refractivity contribution in [2.75, 3.05) is 13.2 Å². The molecule has 4 heteroatoms. The minimum Gasteiger partial charge on any atom is -0.491 e. The van der Waals surface area contributed by atoms with Crippen LogP contribution >= 0.6 is 0 Å². The maximum absolute atomic E-state index is 11.4. The summed E-state index contributed by atoms with van der Waals surface area (Å²) >= 11 is 0. The monoisotopic (exact) mass is 250 g/mol. The lowest BCUT2D eigenvalue weighted by Crippen LogP contribution is -2.43. The Hall–Kier alpha value is -1.71. The average molecular weight is 250 g/mol. The van der Waals surface area contributed by atoms with Gasteiger partial charge in [-0.2, -0.15) is 0 Å². The Morgan fingerprint density at radius 2 is 2.00 bits per heavy atom. The fourth-order valence-electron chi connectivity index (χ4n) is 1.41. The van der Waals surface area contributed by atoms with E-state index in [0.29, 0.717) is 13.2 Å². The summed E-state index contributed by atoms with van der Waals surface area (Å²) in [5.41, 5.74) is 1.20. The van der Waals surface area contributed by atoms with Crippen LogP contribution in [0.1, 0.15) is 25.8 Å². The normalized spacial score (nSPS) is 11.7. The van der Waals surface area contributed by atoms with Gasteiger partial charge in [0, 0.05) is 6.54 Å². The second-order valence-corrected chi connectivity index (χ2v) is 4.43. The van der Waals surface area contributed by atoms with Gasteiger partial charge in [-0.25, -0.2) is 4.79 Å². The summed E-state index contributed by atoms with van der Waals surface area (Å²) in [5.74, 6) is 0.822. The van der Waals surface area contributed by atoms with E-state index in [0.717, 1.165) is 12.2 Å². The van der Waals surface area contributed by atoms with Crippen LogP contribution in [-0.2, 0) is 0 Å². The Bertz CT molecular complexity index is 363. The molecule has 0 saturated heterocycles. The van der Waals surface area contributed by atoms with E-state index in [9.17, 15) is 4.79 Å². The molecular formula is C14H22N2O2. The molecular weight excluding hydrogens is 228 g/mol. The molecule has 2 amide bonds. The van der Waals surface area contributed by atoms with Gasteiger partial charge in [0.05, 0.1) is 6.04 Å². The summed E-state index contributed by atoms with van der Waals surface area (Å²) in [6, 6.07) is 7.70. The molecule has 1 atom stereocenters. The lowest BCUT2D eigenvalue weighted by Gasteiger charge is -2.15. The molecule has 1 aromatic rings. The van der Waals surface area contributed by atoms with Crippen molar-refractivity contribution in [3.63, 3.8) is 0 Å². The van der Waals surface area contributed by atoms with E-state index >= 15 is 0 Å². The number of urea groups is 1. The SMILES string of the molecule is CCCNC(=O)N[C@@H](C)COc1ccc(C)cc1. The number of carbonyl (C=O) groups is 1. The van der Waals surface area contributed by atoms with Crippen molar-refractivity contribution >= 4 is 6.03 Å². The van der Waals surface area contributed by atoms with Crippen molar-refractivity contribution in [3.05, 3.63) is 29.8 Å². The minimum atomic E-state index is -0.142. The average Bonchev–Trinajstić information content (AvgIpc) is 2.35. The Morgan fingerprint density at radius 1 is 1.33 bits per heavy atom. The highest BCUT2D eigenvalue weighted by molar-refractivity contribution is 5.74. The summed E-state index contributed by atoms with van der Waals surface area (Å²) in [5, 5.41) is 5.58. The molecule has 0 spiro atoms. The lowest BCUT2D eigenvalue weighted by atomic mass is 10.2. The van der Waals surface area contributed by atoms with Gasteiger partial charge in [0.1, 0.15) is 12.4 Å². The van der Waals surface area contributed by atoms with Gasteiger partial charge in [-0.05, 0) is 32.4 Å². The van der Waals surface area contributed by atoms with Crippen LogP contribution < -0.4 is 15.4 Å². The van der Waals surface area contributed by atoms with Gasteiger partial charge in [-0.15, -0.1) is 0 Å². The number of hydrogen-bond donors (Lipinski definition) is 2. The summed E-state index contributed by atoms with van der Waals surface area (Å²) in [7, 11) is 0. The molecule has 1 rings (SSSR count). The van der Waals surface area contributed by atoms with Crippen molar-refractivity contribution in [2.24, 2.45) is 0 Å². The van der Waals surface area contributed by atoms with E-state index in [2.05, 4.69) is 10.6 Å². The molecule has 0 radical (unpaired) electrons. The number of ether oxygens (including phenoxy) is 1. The van der Waals surface area contributed by atoms with E-state index in [1.807, 2.05) is 45.0 Å². The zero-order valence-corrected chi connectivity index (χ0v) is 11.3. The van der Waals surface area contributed by atoms with Gasteiger partial charge in [0.25, 0.3) is 0 Å². The van der Waals surface area contributed by atoms with Crippen LogP contribution in [0.3, 0.4) is 0 Å². The number of carbonyl (C=O) groups excluding carboxylic acids is 1. The molecule has 2 N–H and O–H groups in total. The first-order valence-corrected chi connectivity index (χ1v) is 6.35. The smallest absolute Gasteiger partial charge is 0.315 e. The second kappa shape index (κ2) is 7.58. The Morgan fingerprint density at radius 3 is 2.61 bits per heavy atom. The van der Waals surface area contributed by atoms with Crippen LogP contribution in [0.5, 0.6) is 5.75 Å². The van der Waals surface area contributed by atoms with Crippen molar-refractivity contribution in [2.45, 2.75) is 33.2 Å². The lowest BCUT2D eigenvalue weighted by molar-refractivity contribution is 0.226. The highest BCUT2D eigenvalue weighted by Gasteiger charge is 2.06. The molecule has 1 aromatic carbocycles. The fourth-order valence-corrected chi connectivity index (χ4v) is 1.41. The standard InChI is InChI=1S/C14H22N2O2/c1-4-9-15-14(17)16-12(3)10-18-13-7-5-11(2)6-8-13/h5-8,12H,4,9-10H2,1-3H3,(H2,15,16,17)/t12-/m0/s1. The van der Waals surface area contributed by atoms with Gasteiger partial charge in [-0.3, -0.25) is 0 Å². The molecule has 0 aliphatic rings. The number of nitrogens with one attached hydrogen (secondary N) is 2. The molecule has 18 heavy (non-hydrogen) atoms. The molecule has 0 saturated carbocycles. The van der Waals surface area contributed by atoms with Gasteiger partial charge < -0.3 is 15.4 Å². The second-order valence-electron chi connectivity index (χ2n) is 4.43. The molecule has 0 aliphatic heterocycles. The third-order valence-corrected chi connectivity index (χ3v) is 2.43. The van der Waals surface area contributed by atoms with Crippen molar-refractivity contribution < 1.29 is 9.53 Å². The predicted octanol–water partition coefficient (Wildman–Crippen LogP) is 2.47. The number of hydrogen-bond acceptors (Lipinski definition) is 2. The Kier molecular flexibility index (Phi) is 6.05. The Labute approximate surface area is 109 Å². The van der Waals surface area contributed by atoms with E-state index in [1.165, 1.54) is 5.56 Å². The number of aryl methyl sites for hydroxylation is 1. The molecule has 0 aromatic heterocycles. The Balaban J connectivity index is 2.26. The van der Waals surface area contributed by atoms with Crippen LogP contribution in [-0.4, -0.2) is 25.2 Å². The van der Waals surface area contributed by atoms with E-state index in [4.69, 9.17) is 4.74 Å². The summed E-state index contributed by atoms with van der Waals surface area (Å²) < 4.78 is 5.59. The highest BCUT2D eigenvalue weighted by atomic mass is 16.5. The highest BCUT2D eigenvalue weighted by Crippen LogP contribution is 2.11. The van der Waals surface area contributed by atoms with Crippen LogP contribution in [0.25, 0.3) is 0 Å². The van der Waals surface area contributed by atoms with Crippen LogP contribution in [0.4, 0.5) is 4.79 Å². The molecule has 0 unspecified atom stereocenters. The summed E-state index contributed by atoms with van der Waals surface area (Å²) in [4.78, 5) is 11.4. The van der Waals surface area contributed by atoms with Gasteiger partial charge in [0.2, 0.25) is 0 Å². The number of rotatable bonds is 6. The third kappa shape index (κ3) is 5.57. The maximum atomic E-state index is 11.4. The maximum Gasteiger partial charge on any atom is 0.315 e. The van der Waals surface area contributed by atoms with Crippen LogP contribution in [0.2, 0.25) is 0 Å². The summed E-state index contributed by atoms with van der Waals surface area (Å²) in [6.45, 7) is 7.12. The molecule has 0 heterocycles. The van der Waals surface area contributed by atoms with E-state index in [-0.39, 0.29) is 12.1 Å². The quantitative estimate of drug-likeness (QED) is 0.815. The fraction of sp³-hybridized carbons (Fsp3) is 0.500. The molecule has 100 valence electrons. The topological polar surface area (TPSA) is 50.4 Å². The van der Waals surface area contributed by atoms with Crippen LogP contribution in [0, 0.1) is 6.92 Å². The third-order valence-electron chi connectivity index (χ3n) is 2.43. The first-order valence-electron chi connectivity index (χ1n) is 6.35. The van der Waals surface area contributed by atoms with E-state index < -0.39 is 0 Å². The van der Waals surface area contributed by atoms with Gasteiger partial charge >= 0.3 is 6.03 Å². The number of amides is 2. The van der Waals surface area contributed by atoms with E-state index in [1.54, 1.807) is 0 Å². The zero-order chi connectivity index (χ0) is 13.4. The van der Waals surface area contributed by atoms with Crippen molar-refractivity contribution in [3.8, 4) is 5.75 Å². The minimum absolute atomic E-state index is 0.0249. The predicted molar refractivity (Wildman–Crippen MR) is 73.0 cm³/mol. The largest absolute Gasteiger partial charge is 0.491 e.